The van der Waals surface area contributed by atoms with Crippen molar-refractivity contribution in [2.75, 3.05) is 0 Å². The second kappa shape index (κ2) is 10.6. The number of carbonyl (C=O) groups is 3. The van der Waals surface area contributed by atoms with Gasteiger partial charge in [-0.1, -0.05) is 42.5 Å². The van der Waals surface area contributed by atoms with E-state index in [1.54, 1.807) is 18.2 Å². The van der Waals surface area contributed by atoms with Gasteiger partial charge >= 0.3 is 18.0 Å². The largest absolute Gasteiger partial charge is 0.445 e. The first-order valence-corrected chi connectivity index (χ1v) is 8.65. The molecule has 0 aliphatic carbocycles. The van der Waals surface area contributed by atoms with Crippen molar-refractivity contribution in [2.24, 2.45) is 0 Å². The van der Waals surface area contributed by atoms with Gasteiger partial charge in [0.2, 0.25) is 6.29 Å². The summed E-state index contributed by atoms with van der Waals surface area (Å²) in [7, 11) is 0. The summed E-state index contributed by atoms with van der Waals surface area (Å²) in [5.74, 6) is -1.32. The van der Waals surface area contributed by atoms with E-state index in [0.717, 1.165) is 11.1 Å². The highest BCUT2D eigenvalue weighted by Crippen LogP contribution is 2.08. The highest BCUT2D eigenvalue weighted by molar-refractivity contribution is 5.81. The van der Waals surface area contributed by atoms with E-state index in [0.29, 0.717) is 0 Å². The number of amides is 1. The second-order valence-corrected chi connectivity index (χ2v) is 5.92. The van der Waals surface area contributed by atoms with Gasteiger partial charge in [0, 0.05) is 20.3 Å². The number of carbonyl (C=O) groups excluding carboxylic acids is 3. The molecule has 7 heteroatoms. The fraction of sp³-hybridized carbons (Fsp3) is 0.286. The average Bonchev–Trinajstić information content (AvgIpc) is 2.67. The fourth-order valence-corrected chi connectivity index (χ4v) is 2.35. The van der Waals surface area contributed by atoms with Gasteiger partial charge in [-0.2, -0.15) is 0 Å². The zero-order chi connectivity index (χ0) is 20.4. The van der Waals surface area contributed by atoms with E-state index in [4.69, 9.17) is 14.2 Å². The molecule has 0 aromatic heterocycles. The molecule has 0 fully saturated rings. The Hall–Kier alpha value is -3.53. The topological polar surface area (TPSA) is 90.9 Å². The molecule has 7 nitrogen and oxygen atoms in total. The zero-order valence-corrected chi connectivity index (χ0v) is 15.6. The molecule has 0 saturated carbocycles. The molecular weight excluding hydrogens is 362 g/mol. The molecule has 2 aromatic rings. The third-order valence-electron chi connectivity index (χ3n) is 3.56. The molecule has 0 aliphatic rings. The smallest absolute Gasteiger partial charge is 0.408 e. The van der Waals surface area contributed by atoms with Gasteiger partial charge in [-0.15, -0.1) is 0 Å². The van der Waals surface area contributed by atoms with Crippen molar-refractivity contribution in [1.82, 2.24) is 5.32 Å². The van der Waals surface area contributed by atoms with Crippen LogP contribution in [-0.4, -0.2) is 30.4 Å². The van der Waals surface area contributed by atoms with E-state index in [2.05, 4.69) is 17.4 Å². The molecule has 0 bridgehead atoms. The van der Waals surface area contributed by atoms with Gasteiger partial charge in [0.1, 0.15) is 12.6 Å². The lowest BCUT2D eigenvalue weighted by Gasteiger charge is -2.20. The van der Waals surface area contributed by atoms with Gasteiger partial charge in [-0.3, -0.25) is 4.79 Å². The van der Waals surface area contributed by atoms with Crippen molar-refractivity contribution >= 4 is 18.0 Å². The Morgan fingerprint density at radius 3 is 2.43 bits per heavy atom. The third-order valence-corrected chi connectivity index (χ3v) is 3.56. The Morgan fingerprint density at radius 1 is 1.04 bits per heavy atom. The van der Waals surface area contributed by atoms with E-state index in [9.17, 15) is 14.4 Å². The summed E-state index contributed by atoms with van der Waals surface area (Å²) in [6.07, 6.45) is -1.65. The minimum absolute atomic E-state index is 0.0218. The van der Waals surface area contributed by atoms with Crippen LogP contribution in [0.5, 0.6) is 0 Å². The standard InChI is InChI=1S/C21H21NO6/c1-15(23)27-16(2)28-20(24)19(13-17-9-5-3-6-10-17)22-21(25)26-14-18-11-7-4-8-12-18/h3,5-7,9-12,16,19H,13-14H2,1-2H3,(H,22,25)/t16?,19-/m0/s1. The van der Waals surface area contributed by atoms with Gasteiger partial charge in [-0.05, 0) is 29.3 Å². The minimum Gasteiger partial charge on any atom is -0.445 e. The lowest BCUT2D eigenvalue weighted by molar-refractivity contribution is -0.184. The SMILES string of the molecule is CC(=O)OC(C)OC(=O)[C@H](Cc1ccccc1)NC(=O)OCc1cc#ccc1. The van der Waals surface area contributed by atoms with Crippen molar-refractivity contribution in [2.45, 2.75) is 39.2 Å². The van der Waals surface area contributed by atoms with Crippen LogP contribution in [-0.2, 0) is 36.8 Å². The van der Waals surface area contributed by atoms with Crippen LogP contribution in [0.15, 0.2) is 48.5 Å². The van der Waals surface area contributed by atoms with Crippen LogP contribution in [0.4, 0.5) is 4.79 Å². The first-order chi connectivity index (χ1) is 13.4. The molecule has 2 atom stereocenters. The summed E-state index contributed by atoms with van der Waals surface area (Å²) < 4.78 is 15.0. The fourth-order valence-electron chi connectivity index (χ4n) is 2.35. The monoisotopic (exact) mass is 383 g/mol. The van der Waals surface area contributed by atoms with E-state index < -0.39 is 30.4 Å². The molecule has 0 aliphatic heterocycles. The Morgan fingerprint density at radius 2 is 1.79 bits per heavy atom. The summed E-state index contributed by atoms with van der Waals surface area (Å²) in [6.45, 7) is 2.65. The summed E-state index contributed by atoms with van der Waals surface area (Å²) in [6, 6.07) is 18.7. The molecule has 1 amide bonds. The summed E-state index contributed by atoms with van der Waals surface area (Å²) in [5.41, 5.74) is 1.55. The maximum Gasteiger partial charge on any atom is 0.408 e. The van der Waals surface area contributed by atoms with Crippen LogP contribution < -0.4 is 5.32 Å². The highest BCUT2D eigenvalue weighted by Gasteiger charge is 2.26. The van der Waals surface area contributed by atoms with Crippen LogP contribution in [0.3, 0.4) is 0 Å². The maximum atomic E-state index is 12.5. The summed E-state index contributed by atoms with van der Waals surface area (Å²) in [5, 5.41) is 2.50. The van der Waals surface area contributed by atoms with E-state index in [1.807, 2.05) is 30.3 Å². The molecular formula is C21H21NO6. The first kappa shape index (κ1) is 20.8. The lowest BCUT2D eigenvalue weighted by atomic mass is 10.1. The Balaban J connectivity index is 1.99. The van der Waals surface area contributed by atoms with Crippen molar-refractivity contribution in [3.8, 4) is 0 Å². The molecule has 0 heterocycles. The summed E-state index contributed by atoms with van der Waals surface area (Å²) in [4.78, 5) is 35.6. The quantitative estimate of drug-likeness (QED) is 0.557. The van der Waals surface area contributed by atoms with Crippen molar-refractivity contribution in [3.63, 3.8) is 0 Å². The minimum atomic E-state index is -1.07. The van der Waals surface area contributed by atoms with Crippen LogP contribution in [0, 0.1) is 12.1 Å². The van der Waals surface area contributed by atoms with Crippen LogP contribution >= 0.6 is 0 Å². The number of rotatable bonds is 8. The van der Waals surface area contributed by atoms with E-state index >= 15 is 0 Å². The highest BCUT2D eigenvalue weighted by atomic mass is 16.7. The number of hydrogen-bond donors (Lipinski definition) is 1. The molecule has 28 heavy (non-hydrogen) atoms. The third kappa shape index (κ3) is 7.38. The summed E-state index contributed by atoms with van der Waals surface area (Å²) >= 11 is 0. The van der Waals surface area contributed by atoms with Gasteiger partial charge < -0.3 is 19.5 Å². The normalized spacial score (nSPS) is 12.1. The number of alkyl carbamates (subject to hydrolysis) is 1. The number of ether oxygens (including phenoxy) is 3. The van der Waals surface area contributed by atoms with Crippen molar-refractivity contribution < 1.29 is 28.6 Å². The zero-order valence-electron chi connectivity index (χ0n) is 15.6. The van der Waals surface area contributed by atoms with Crippen molar-refractivity contribution in [1.29, 1.82) is 0 Å². The van der Waals surface area contributed by atoms with Gasteiger partial charge in [-0.25, -0.2) is 9.59 Å². The predicted molar refractivity (Wildman–Crippen MR) is 98.7 cm³/mol. The van der Waals surface area contributed by atoms with Crippen molar-refractivity contribution in [3.05, 3.63) is 71.8 Å². The number of nitrogens with one attached hydrogen (secondary N) is 1. The number of esters is 2. The van der Waals surface area contributed by atoms with Gasteiger partial charge in [0.25, 0.3) is 0 Å². The molecule has 0 spiro atoms. The predicted octanol–water partition coefficient (Wildman–Crippen LogP) is 2.58. The van der Waals surface area contributed by atoms with E-state index in [-0.39, 0.29) is 13.0 Å². The van der Waals surface area contributed by atoms with E-state index in [1.165, 1.54) is 13.8 Å². The maximum absolute atomic E-state index is 12.5. The molecule has 1 unspecified atom stereocenters. The number of benzene rings is 1. The Kier molecular flexibility index (Phi) is 7.85. The molecule has 0 saturated heterocycles. The molecule has 1 N–H and O–H groups in total. The van der Waals surface area contributed by atoms with Crippen LogP contribution in [0.25, 0.3) is 0 Å². The average molecular weight is 383 g/mol. The second-order valence-electron chi connectivity index (χ2n) is 5.92. The molecule has 2 rings (SSSR count). The molecule has 2 aromatic carbocycles. The number of hydrogen-bond acceptors (Lipinski definition) is 6. The first-order valence-electron chi connectivity index (χ1n) is 8.65. The Labute approximate surface area is 163 Å². The lowest BCUT2D eigenvalue weighted by Crippen LogP contribution is -2.44. The van der Waals surface area contributed by atoms with Gasteiger partial charge in [0.15, 0.2) is 0 Å². The molecule has 146 valence electrons. The van der Waals surface area contributed by atoms with Crippen LogP contribution in [0.2, 0.25) is 0 Å². The van der Waals surface area contributed by atoms with Crippen LogP contribution in [0.1, 0.15) is 25.0 Å². The van der Waals surface area contributed by atoms with Gasteiger partial charge in [0.05, 0.1) is 0 Å². The Bertz CT molecular complexity index is 778. The molecule has 0 radical (unpaired) electrons.